The Balaban J connectivity index is 1.54. The van der Waals surface area contributed by atoms with Crippen molar-refractivity contribution in [2.45, 2.75) is 38.8 Å². The average molecular weight is 501 g/mol. The van der Waals surface area contributed by atoms with Crippen LogP contribution in [0.25, 0.3) is 21.9 Å². The summed E-state index contributed by atoms with van der Waals surface area (Å²) in [6.07, 6.45) is 5.18. The minimum Gasteiger partial charge on any atom is -0.497 e. The van der Waals surface area contributed by atoms with Gasteiger partial charge in [-0.05, 0) is 67.6 Å². The zero-order valence-electron chi connectivity index (χ0n) is 21.7. The molecule has 0 aliphatic heterocycles. The Morgan fingerprint density at radius 3 is 2.46 bits per heavy atom. The van der Waals surface area contributed by atoms with Crippen LogP contribution in [0.5, 0.6) is 5.75 Å². The molecule has 4 aromatic rings. The van der Waals surface area contributed by atoms with Gasteiger partial charge in [0.05, 0.1) is 7.11 Å². The minimum absolute atomic E-state index is 0.283. The summed E-state index contributed by atoms with van der Waals surface area (Å²) in [5, 5.41) is 7.84. The highest BCUT2D eigenvalue weighted by atomic mass is 16.6. The molecule has 1 atom stereocenters. The Labute approximate surface area is 216 Å². The summed E-state index contributed by atoms with van der Waals surface area (Å²) in [4.78, 5) is 30.1. The largest absolute Gasteiger partial charge is 0.497 e. The molecule has 192 valence electrons. The number of anilines is 1. The Kier molecular flexibility index (Phi) is 7.47. The molecule has 0 bridgehead atoms. The third-order valence-electron chi connectivity index (χ3n) is 5.84. The van der Waals surface area contributed by atoms with E-state index in [1.54, 1.807) is 34.1 Å². The van der Waals surface area contributed by atoms with Gasteiger partial charge in [-0.15, -0.1) is 0 Å². The van der Waals surface area contributed by atoms with Gasteiger partial charge in [0.1, 0.15) is 23.2 Å². The molecule has 0 unspecified atom stereocenters. The molecule has 8 heteroatoms. The van der Waals surface area contributed by atoms with Crippen LogP contribution in [0.3, 0.4) is 0 Å². The summed E-state index contributed by atoms with van der Waals surface area (Å²) in [6, 6.07) is 16.6. The van der Waals surface area contributed by atoms with Crippen molar-refractivity contribution in [3.05, 3.63) is 78.8 Å². The molecule has 4 rings (SSSR count). The van der Waals surface area contributed by atoms with Gasteiger partial charge in [0.25, 0.3) is 0 Å². The summed E-state index contributed by atoms with van der Waals surface area (Å²) < 4.78 is 12.5. The van der Waals surface area contributed by atoms with Crippen molar-refractivity contribution < 1.29 is 19.1 Å². The average Bonchev–Trinajstić information content (AvgIpc) is 3.22. The van der Waals surface area contributed by atoms with E-state index in [0.29, 0.717) is 11.6 Å². The normalized spacial score (nSPS) is 12.1. The number of benzene rings is 2. The van der Waals surface area contributed by atoms with E-state index in [-0.39, 0.29) is 12.3 Å². The SMILES string of the molecule is COc1ccc(C[C@H](NC(=O)OC(C)(C)C)C(=O)Nc2cc(-c3ccc4cnccc4c3)cn2C)cc1. The number of alkyl carbamates (subject to hydrolysis) is 1. The molecule has 37 heavy (non-hydrogen) atoms. The van der Waals surface area contributed by atoms with Crippen LogP contribution in [0.1, 0.15) is 26.3 Å². The maximum atomic E-state index is 13.4. The van der Waals surface area contributed by atoms with Gasteiger partial charge in [-0.3, -0.25) is 9.78 Å². The Morgan fingerprint density at radius 2 is 1.76 bits per heavy atom. The molecule has 0 saturated carbocycles. The van der Waals surface area contributed by atoms with Crippen LogP contribution in [0.2, 0.25) is 0 Å². The number of hydrogen-bond donors (Lipinski definition) is 2. The number of rotatable bonds is 7. The van der Waals surface area contributed by atoms with Crippen LogP contribution in [0.4, 0.5) is 10.6 Å². The summed E-state index contributed by atoms with van der Waals surface area (Å²) in [7, 11) is 3.46. The number of ether oxygens (including phenoxy) is 2. The highest BCUT2D eigenvalue weighted by molar-refractivity contribution is 5.97. The van der Waals surface area contributed by atoms with E-state index < -0.39 is 17.7 Å². The number of amides is 2. The van der Waals surface area contributed by atoms with Gasteiger partial charge in [0, 0.05) is 43.0 Å². The number of carbonyl (C=O) groups is 2. The van der Waals surface area contributed by atoms with Crippen molar-refractivity contribution in [2.75, 3.05) is 12.4 Å². The number of aryl methyl sites for hydroxylation is 1. The molecule has 0 aliphatic carbocycles. The lowest BCUT2D eigenvalue weighted by Crippen LogP contribution is -2.47. The van der Waals surface area contributed by atoms with Crippen molar-refractivity contribution in [3.8, 4) is 16.9 Å². The van der Waals surface area contributed by atoms with Crippen LogP contribution in [-0.2, 0) is 23.0 Å². The van der Waals surface area contributed by atoms with Crippen molar-refractivity contribution in [2.24, 2.45) is 7.05 Å². The maximum Gasteiger partial charge on any atom is 0.408 e. The lowest BCUT2D eigenvalue weighted by atomic mass is 10.0. The topological polar surface area (TPSA) is 94.5 Å². The third kappa shape index (κ3) is 6.67. The second-order valence-electron chi connectivity index (χ2n) is 9.90. The minimum atomic E-state index is -0.852. The van der Waals surface area contributed by atoms with Gasteiger partial charge >= 0.3 is 6.09 Å². The molecule has 0 aliphatic rings. The van der Waals surface area contributed by atoms with Crippen LogP contribution < -0.4 is 15.4 Å². The zero-order valence-corrected chi connectivity index (χ0v) is 21.7. The van der Waals surface area contributed by atoms with E-state index in [2.05, 4.69) is 21.7 Å². The molecule has 0 saturated heterocycles. The van der Waals surface area contributed by atoms with Gasteiger partial charge in [0.2, 0.25) is 5.91 Å². The zero-order chi connectivity index (χ0) is 26.6. The molecule has 0 fully saturated rings. The summed E-state index contributed by atoms with van der Waals surface area (Å²) in [5.74, 6) is 0.978. The Morgan fingerprint density at radius 1 is 1.00 bits per heavy atom. The number of aromatic nitrogens is 2. The predicted molar refractivity (Wildman–Crippen MR) is 145 cm³/mol. The van der Waals surface area contributed by atoms with Crippen LogP contribution in [0, 0.1) is 0 Å². The lowest BCUT2D eigenvalue weighted by Gasteiger charge is -2.23. The highest BCUT2D eigenvalue weighted by Gasteiger charge is 2.25. The number of carbonyl (C=O) groups excluding carboxylic acids is 2. The summed E-state index contributed by atoms with van der Waals surface area (Å²) in [5.41, 5.74) is 2.17. The summed E-state index contributed by atoms with van der Waals surface area (Å²) >= 11 is 0. The smallest absolute Gasteiger partial charge is 0.408 e. The van der Waals surface area contributed by atoms with Gasteiger partial charge in [-0.1, -0.05) is 24.3 Å². The van der Waals surface area contributed by atoms with Crippen molar-refractivity contribution in [1.29, 1.82) is 0 Å². The molecular weight excluding hydrogens is 468 g/mol. The molecule has 0 spiro atoms. The van der Waals surface area contributed by atoms with Gasteiger partial charge in [-0.25, -0.2) is 4.79 Å². The first-order valence-electron chi connectivity index (χ1n) is 12.0. The maximum absolute atomic E-state index is 13.4. The number of nitrogens with zero attached hydrogens (tertiary/aromatic N) is 2. The molecule has 8 nitrogen and oxygen atoms in total. The molecule has 2 heterocycles. The molecule has 2 amide bonds. The van der Waals surface area contributed by atoms with E-state index in [0.717, 1.165) is 27.5 Å². The van der Waals surface area contributed by atoms with E-state index in [1.165, 1.54) is 0 Å². The molecular formula is C29H32N4O4. The Bertz CT molecular complexity index is 1400. The monoisotopic (exact) mass is 500 g/mol. The Hall–Kier alpha value is -4.33. The fraction of sp³-hybridized carbons (Fsp3) is 0.276. The predicted octanol–water partition coefficient (Wildman–Crippen LogP) is 5.32. The number of methoxy groups -OCH3 is 1. The quantitative estimate of drug-likeness (QED) is 0.358. The van der Waals surface area contributed by atoms with Crippen LogP contribution in [-0.4, -0.2) is 40.3 Å². The van der Waals surface area contributed by atoms with Crippen LogP contribution in [0.15, 0.2) is 73.2 Å². The van der Waals surface area contributed by atoms with Crippen molar-refractivity contribution in [3.63, 3.8) is 0 Å². The molecule has 2 N–H and O–H groups in total. The van der Waals surface area contributed by atoms with E-state index in [4.69, 9.17) is 9.47 Å². The molecule has 2 aromatic carbocycles. The first-order chi connectivity index (χ1) is 17.6. The summed E-state index contributed by atoms with van der Waals surface area (Å²) in [6.45, 7) is 5.33. The van der Waals surface area contributed by atoms with E-state index in [9.17, 15) is 9.59 Å². The van der Waals surface area contributed by atoms with Gasteiger partial charge in [0.15, 0.2) is 0 Å². The van der Waals surface area contributed by atoms with Gasteiger partial charge < -0.3 is 24.7 Å². The first-order valence-corrected chi connectivity index (χ1v) is 12.0. The standard InChI is InChI=1S/C29H32N4O4/c1-29(2,3)37-28(35)31-25(14-19-6-10-24(36-5)11-7-19)27(34)32-26-16-23(18-33(26)4)20-8-9-22-17-30-13-12-21(22)15-20/h6-13,15-18,25H,14H2,1-5H3,(H,31,35)(H,32,34)/t25-/m0/s1. The number of hydrogen-bond acceptors (Lipinski definition) is 5. The second kappa shape index (κ2) is 10.7. The molecule has 0 radical (unpaired) electrons. The number of nitrogens with one attached hydrogen (secondary N) is 2. The number of pyridine rings is 1. The van der Waals surface area contributed by atoms with E-state index >= 15 is 0 Å². The first kappa shape index (κ1) is 25.8. The number of fused-ring (bicyclic) bond motifs is 1. The van der Waals surface area contributed by atoms with E-state index in [1.807, 2.05) is 72.5 Å². The highest BCUT2D eigenvalue weighted by Crippen LogP contribution is 2.27. The van der Waals surface area contributed by atoms with Crippen LogP contribution >= 0.6 is 0 Å². The fourth-order valence-corrected chi connectivity index (χ4v) is 3.98. The second-order valence-corrected chi connectivity index (χ2v) is 9.90. The fourth-order valence-electron chi connectivity index (χ4n) is 3.98. The van der Waals surface area contributed by atoms with Gasteiger partial charge in [-0.2, -0.15) is 0 Å². The van der Waals surface area contributed by atoms with Crippen molar-refractivity contribution in [1.82, 2.24) is 14.9 Å². The molecule has 2 aromatic heterocycles. The lowest BCUT2D eigenvalue weighted by molar-refractivity contribution is -0.118. The third-order valence-corrected chi connectivity index (χ3v) is 5.84. The van der Waals surface area contributed by atoms with Crippen molar-refractivity contribution >= 4 is 28.6 Å².